The molecule has 0 aromatic heterocycles. The van der Waals surface area contributed by atoms with Gasteiger partial charge in [0.25, 0.3) is 5.67 Å². The number of halogens is 9. The van der Waals surface area contributed by atoms with Crippen LogP contribution in [0.5, 0.6) is 0 Å². The van der Waals surface area contributed by atoms with Gasteiger partial charge in [-0.3, -0.25) is 4.74 Å². The Labute approximate surface area is 82.2 Å². The zero-order valence-electron chi connectivity index (χ0n) is 7.31. The predicted octanol–water partition coefficient (Wildman–Crippen LogP) is 3.20. The molecule has 16 heavy (non-hydrogen) atoms. The van der Waals surface area contributed by atoms with Crippen LogP contribution in [0, 0.1) is 0 Å². The van der Waals surface area contributed by atoms with Gasteiger partial charge in [-0.05, 0) is 6.92 Å². The molecule has 2 atom stereocenters. The van der Waals surface area contributed by atoms with Crippen LogP contribution in [0.3, 0.4) is 0 Å². The average molecular weight is 262 g/mol. The van der Waals surface area contributed by atoms with Gasteiger partial charge in [-0.25, -0.2) is 4.39 Å². The van der Waals surface area contributed by atoms with Gasteiger partial charge in [0.1, 0.15) is 0 Å². The Hall–Kier alpha value is -0.670. The second kappa shape index (κ2) is 2.77. The third kappa shape index (κ3) is 1.19. The molecule has 0 aliphatic carbocycles. The lowest BCUT2D eigenvalue weighted by atomic mass is 9.96. The summed E-state index contributed by atoms with van der Waals surface area (Å²) in [6.45, 7) is -0.569. The summed E-state index contributed by atoms with van der Waals surface area (Å²) in [5.41, 5.74) is -5.11. The molecule has 2 unspecified atom stereocenters. The van der Waals surface area contributed by atoms with Crippen molar-refractivity contribution in [2.75, 3.05) is 0 Å². The second-order valence-corrected chi connectivity index (χ2v) is 3.29. The zero-order chi connectivity index (χ0) is 13.2. The van der Waals surface area contributed by atoms with E-state index in [9.17, 15) is 39.5 Å². The quantitative estimate of drug-likeness (QED) is 0.609. The SMILES string of the molecule is CC1(F)C(F)(F)OC(F)(C(F)(F)F)C1(F)F. The molecule has 0 aromatic rings. The third-order valence-corrected chi connectivity index (χ3v) is 2.17. The van der Waals surface area contributed by atoms with Gasteiger partial charge < -0.3 is 0 Å². The van der Waals surface area contributed by atoms with E-state index in [1.54, 1.807) is 0 Å². The molecule has 0 N–H and O–H groups in total. The van der Waals surface area contributed by atoms with Crippen LogP contribution >= 0.6 is 0 Å². The molecule has 1 fully saturated rings. The first kappa shape index (κ1) is 13.4. The van der Waals surface area contributed by atoms with Gasteiger partial charge >= 0.3 is 24.1 Å². The third-order valence-electron chi connectivity index (χ3n) is 2.17. The molecule has 0 aromatic carbocycles. The van der Waals surface area contributed by atoms with Crippen molar-refractivity contribution in [1.29, 1.82) is 0 Å². The Morgan fingerprint density at radius 2 is 1.25 bits per heavy atom. The fraction of sp³-hybridized carbons (Fsp3) is 1.00. The molecule has 1 aliphatic heterocycles. The van der Waals surface area contributed by atoms with Crippen LogP contribution in [0.2, 0.25) is 0 Å². The van der Waals surface area contributed by atoms with E-state index in [1.165, 1.54) is 0 Å². The molecule has 0 spiro atoms. The molecule has 0 bridgehead atoms. The molecule has 1 nitrogen and oxygen atoms in total. The molecule has 1 aliphatic rings. The van der Waals surface area contributed by atoms with Gasteiger partial charge in [-0.15, -0.1) is 0 Å². The van der Waals surface area contributed by atoms with Gasteiger partial charge in [0.2, 0.25) is 0 Å². The number of rotatable bonds is 0. The van der Waals surface area contributed by atoms with Crippen molar-refractivity contribution in [2.24, 2.45) is 0 Å². The van der Waals surface area contributed by atoms with Crippen LogP contribution < -0.4 is 0 Å². The summed E-state index contributed by atoms with van der Waals surface area (Å²) in [6.07, 6.45) is -12.1. The van der Waals surface area contributed by atoms with E-state index >= 15 is 0 Å². The molecular formula is C6H3F9O. The van der Waals surface area contributed by atoms with E-state index in [1.807, 2.05) is 0 Å². The van der Waals surface area contributed by atoms with Crippen molar-refractivity contribution in [3.63, 3.8) is 0 Å². The number of hydrogen-bond acceptors (Lipinski definition) is 1. The highest BCUT2D eigenvalue weighted by Crippen LogP contribution is 2.63. The minimum absolute atomic E-state index is 0.569. The standard InChI is InChI=1S/C6H3F9O/c1-2(7)3(8,9)4(10,5(11,12)13)16-6(2,14)15/h1H3. The summed E-state index contributed by atoms with van der Waals surface area (Å²) >= 11 is 0. The normalized spacial score (nSPS) is 42.4. The second-order valence-electron chi connectivity index (χ2n) is 3.29. The lowest BCUT2D eigenvalue weighted by Crippen LogP contribution is -2.59. The van der Waals surface area contributed by atoms with Crippen molar-refractivity contribution in [2.45, 2.75) is 36.7 Å². The summed E-state index contributed by atoms with van der Waals surface area (Å²) < 4.78 is 114. The lowest BCUT2D eigenvalue weighted by Gasteiger charge is -2.29. The topological polar surface area (TPSA) is 9.23 Å². The summed E-state index contributed by atoms with van der Waals surface area (Å²) in [5.74, 6) is -12.1. The first-order valence-corrected chi connectivity index (χ1v) is 3.61. The maximum atomic E-state index is 12.8. The van der Waals surface area contributed by atoms with Crippen LogP contribution in [-0.4, -0.2) is 29.7 Å². The highest BCUT2D eigenvalue weighted by Gasteiger charge is 2.92. The Morgan fingerprint density at radius 1 is 0.875 bits per heavy atom. The summed E-state index contributed by atoms with van der Waals surface area (Å²) in [5, 5.41) is 0. The monoisotopic (exact) mass is 262 g/mol. The molecule has 1 rings (SSSR count). The highest BCUT2D eigenvalue weighted by atomic mass is 19.4. The van der Waals surface area contributed by atoms with E-state index in [0.29, 0.717) is 0 Å². The van der Waals surface area contributed by atoms with Crippen molar-refractivity contribution in [3.8, 4) is 0 Å². The Bertz CT molecular complexity index is 306. The highest BCUT2D eigenvalue weighted by molar-refractivity contribution is 5.13. The molecule has 1 heterocycles. The van der Waals surface area contributed by atoms with Crippen molar-refractivity contribution in [3.05, 3.63) is 0 Å². The number of alkyl halides is 9. The Morgan fingerprint density at radius 3 is 1.38 bits per heavy atom. The molecular weight excluding hydrogens is 259 g/mol. The van der Waals surface area contributed by atoms with Gasteiger partial charge in [0.15, 0.2) is 0 Å². The van der Waals surface area contributed by atoms with Crippen molar-refractivity contribution < 1.29 is 44.3 Å². The Kier molecular flexibility index (Phi) is 2.32. The van der Waals surface area contributed by atoms with Crippen LogP contribution in [0.1, 0.15) is 6.92 Å². The molecule has 10 heteroatoms. The van der Waals surface area contributed by atoms with Crippen molar-refractivity contribution in [1.82, 2.24) is 0 Å². The smallest absolute Gasteiger partial charge is 0.267 e. The van der Waals surface area contributed by atoms with E-state index < -0.39 is 36.7 Å². The van der Waals surface area contributed by atoms with Gasteiger partial charge in [-0.2, -0.15) is 35.1 Å². The Balaban J connectivity index is 3.41. The average Bonchev–Trinajstić information content (AvgIpc) is 2.07. The molecule has 0 amide bonds. The summed E-state index contributed by atoms with van der Waals surface area (Å²) in [7, 11) is 0. The van der Waals surface area contributed by atoms with Gasteiger partial charge in [0, 0.05) is 0 Å². The van der Waals surface area contributed by atoms with Crippen LogP contribution in [0.4, 0.5) is 39.5 Å². The lowest BCUT2D eigenvalue weighted by molar-refractivity contribution is -0.406. The van der Waals surface area contributed by atoms with Crippen molar-refractivity contribution >= 4 is 0 Å². The van der Waals surface area contributed by atoms with Crippen LogP contribution in [0.15, 0.2) is 0 Å². The predicted molar refractivity (Wildman–Crippen MR) is 30.4 cm³/mol. The molecule has 0 saturated carbocycles. The van der Waals surface area contributed by atoms with E-state index in [0.717, 1.165) is 0 Å². The number of hydrogen-bond donors (Lipinski definition) is 0. The van der Waals surface area contributed by atoms with E-state index in [2.05, 4.69) is 4.74 Å². The summed E-state index contributed by atoms with van der Waals surface area (Å²) in [6, 6.07) is 0. The van der Waals surface area contributed by atoms with E-state index in [4.69, 9.17) is 0 Å². The first-order chi connectivity index (χ1) is 6.71. The fourth-order valence-corrected chi connectivity index (χ4v) is 1.06. The maximum absolute atomic E-state index is 12.8. The molecule has 96 valence electrons. The minimum atomic E-state index is -6.50. The van der Waals surface area contributed by atoms with Crippen LogP contribution in [0.25, 0.3) is 0 Å². The zero-order valence-corrected chi connectivity index (χ0v) is 7.31. The summed E-state index contributed by atoms with van der Waals surface area (Å²) in [4.78, 5) is 0. The fourth-order valence-electron chi connectivity index (χ4n) is 1.06. The first-order valence-electron chi connectivity index (χ1n) is 3.61. The van der Waals surface area contributed by atoms with Gasteiger partial charge in [-0.1, -0.05) is 0 Å². The largest absolute Gasteiger partial charge is 0.455 e. The van der Waals surface area contributed by atoms with Gasteiger partial charge in [0.05, 0.1) is 0 Å². The van der Waals surface area contributed by atoms with E-state index in [-0.39, 0.29) is 0 Å². The van der Waals surface area contributed by atoms with Crippen LogP contribution in [-0.2, 0) is 4.74 Å². The minimum Gasteiger partial charge on any atom is -0.267 e. The number of ether oxygens (including phenoxy) is 1. The molecule has 1 saturated heterocycles. The maximum Gasteiger partial charge on any atom is 0.455 e. The molecule has 0 radical (unpaired) electrons.